The van der Waals surface area contributed by atoms with Crippen molar-refractivity contribution in [3.63, 3.8) is 0 Å². The fourth-order valence-electron chi connectivity index (χ4n) is 0.415. The molecule has 0 aliphatic heterocycles. The molecule has 0 spiro atoms. The van der Waals surface area contributed by atoms with E-state index in [1.165, 1.54) is 3.57 Å². The molecule has 17 heavy (non-hydrogen) atoms. The zero-order valence-electron chi connectivity index (χ0n) is 8.00. The Morgan fingerprint density at radius 3 is 1.12 bits per heavy atom. The molecule has 1 aromatic rings. The number of benzene rings is 1. The second-order valence-corrected chi connectivity index (χ2v) is 5.23. The standard InChI is InChI=1S/C6H5I.2H2O4S/c7-6-4-2-1-3-5-6;2*1-5(2,3)4/h1-5H;2*(H2,1,2,3,4). The van der Waals surface area contributed by atoms with Crippen molar-refractivity contribution in [2.45, 2.75) is 0 Å². The van der Waals surface area contributed by atoms with Crippen LogP contribution in [0, 0.1) is 3.57 Å². The van der Waals surface area contributed by atoms with Gasteiger partial charge >= 0.3 is 20.8 Å². The largest absolute Gasteiger partial charge is 0.394 e. The Kier molecular flexibility index (Phi) is 9.78. The van der Waals surface area contributed by atoms with E-state index in [0.717, 1.165) is 0 Å². The molecule has 4 N–H and O–H groups in total. The first-order valence-corrected chi connectivity index (χ1v) is 7.37. The van der Waals surface area contributed by atoms with Gasteiger partial charge in [0.15, 0.2) is 0 Å². The monoisotopic (exact) mass is 400 g/mol. The summed E-state index contributed by atoms with van der Waals surface area (Å²) in [4.78, 5) is 0. The molecule has 0 heterocycles. The van der Waals surface area contributed by atoms with Gasteiger partial charge in [-0.15, -0.1) is 0 Å². The van der Waals surface area contributed by atoms with Gasteiger partial charge in [0, 0.05) is 3.57 Å². The van der Waals surface area contributed by atoms with Crippen molar-refractivity contribution in [1.82, 2.24) is 0 Å². The van der Waals surface area contributed by atoms with E-state index < -0.39 is 20.8 Å². The molecular weight excluding hydrogens is 391 g/mol. The van der Waals surface area contributed by atoms with E-state index in [0.29, 0.717) is 0 Å². The molecule has 0 atom stereocenters. The zero-order chi connectivity index (χ0) is 14.1. The number of hydrogen-bond acceptors (Lipinski definition) is 4. The summed E-state index contributed by atoms with van der Waals surface area (Å²) in [5.74, 6) is 0. The fraction of sp³-hybridized carbons (Fsp3) is 0. The van der Waals surface area contributed by atoms with Crippen LogP contribution >= 0.6 is 22.6 Å². The van der Waals surface area contributed by atoms with Gasteiger partial charge in [-0.2, -0.15) is 16.8 Å². The molecule has 0 aromatic heterocycles. The summed E-state index contributed by atoms with van der Waals surface area (Å²) in [5, 5.41) is 0. The molecule has 1 aromatic carbocycles. The van der Waals surface area contributed by atoms with Crippen LogP contribution in [0.2, 0.25) is 0 Å². The number of rotatable bonds is 0. The van der Waals surface area contributed by atoms with Crippen LogP contribution in [-0.4, -0.2) is 35.0 Å². The molecule has 0 saturated carbocycles. The van der Waals surface area contributed by atoms with E-state index in [2.05, 4.69) is 34.7 Å². The Morgan fingerprint density at radius 1 is 0.765 bits per heavy atom. The Balaban J connectivity index is 0. The summed E-state index contributed by atoms with van der Waals surface area (Å²) in [6, 6.07) is 10.2. The Labute approximate surface area is 112 Å². The van der Waals surface area contributed by atoms with Crippen molar-refractivity contribution in [1.29, 1.82) is 0 Å². The fourth-order valence-corrected chi connectivity index (χ4v) is 0.830. The van der Waals surface area contributed by atoms with E-state index in [1.807, 2.05) is 18.2 Å². The van der Waals surface area contributed by atoms with E-state index in [4.69, 9.17) is 35.0 Å². The predicted molar refractivity (Wildman–Crippen MR) is 67.5 cm³/mol. The molecule has 100 valence electrons. The van der Waals surface area contributed by atoms with Gasteiger partial charge in [0.1, 0.15) is 0 Å². The van der Waals surface area contributed by atoms with Gasteiger partial charge in [-0.1, -0.05) is 18.2 Å². The molecule has 0 aliphatic rings. The SMILES string of the molecule is Ic1ccccc1.O=S(=O)(O)O.O=S(=O)(O)O. The summed E-state index contributed by atoms with van der Waals surface area (Å²) in [6.45, 7) is 0. The van der Waals surface area contributed by atoms with Crippen molar-refractivity contribution >= 4 is 43.4 Å². The van der Waals surface area contributed by atoms with E-state index in [-0.39, 0.29) is 0 Å². The van der Waals surface area contributed by atoms with Gasteiger partial charge in [-0.3, -0.25) is 18.2 Å². The molecule has 0 saturated heterocycles. The molecule has 0 fully saturated rings. The van der Waals surface area contributed by atoms with Crippen LogP contribution in [-0.2, 0) is 20.8 Å². The second-order valence-electron chi connectivity index (χ2n) is 2.19. The molecule has 0 aliphatic carbocycles. The third-order valence-electron chi connectivity index (χ3n) is 0.733. The average Bonchev–Trinajstić information content (AvgIpc) is 1.98. The van der Waals surface area contributed by atoms with Crippen LogP contribution in [0.15, 0.2) is 30.3 Å². The lowest BCUT2D eigenvalue weighted by atomic mass is 10.4. The first-order chi connectivity index (χ1) is 7.39. The Bertz CT molecular complexity index is 448. The summed E-state index contributed by atoms with van der Waals surface area (Å²) in [5.41, 5.74) is 0. The summed E-state index contributed by atoms with van der Waals surface area (Å²) in [6.07, 6.45) is 0. The van der Waals surface area contributed by atoms with Crippen molar-refractivity contribution in [3.8, 4) is 0 Å². The maximum absolute atomic E-state index is 8.74. The van der Waals surface area contributed by atoms with Gasteiger partial charge < -0.3 is 0 Å². The number of hydrogen-bond donors (Lipinski definition) is 4. The highest BCUT2D eigenvalue weighted by molar-refractivity contribution is 14.1. The minimum Gasteiger partial charge on any atom is -0.264 e. The summed E-state index contributed by atoms with van der Waals surface area (Å²) in [7, 11) is -9.33. The zero-order valence-corrected chi connectivity index (χ0v) is 11.8. The van der Waals surface area contributed by atoms with Gasteiger partial charge in [-0.05, 0) is 34.7 Å². The minimum atomic E-state index is -4.67. The molecule has 0 unspecified atom stereocenters. The lowest BCUT2D eigenvalue weighted by Crippen LogP contribution is -1.89. The van der Waals surface area contributed by atoms with Crippen molar-refractivity contribution in [2.75, 3.05) is 0 Å². The van der Waals surface area contributed by atoms with Gasteiger partial charge in [0.25, 0.3) is 0 Å². The van der Waals surface area contributed by atoms with Crippen LogP contribution in [0.5, 0.6) is 0 Å². The second kappa shape index (κ2) is 8.73. The van der Waals surface area contributed by atoms with Crippen LogP contribution < -0.4 is 0 Å². The molecule has 0 bridgehead atoms. The molecule has 1 rings (SSSR count). The molecule has 11 heteroatoms. The molecular formula is C6H9IO8S2. The summed E-state index contributed by atoms with van der Waals surface area (Å²) >= 11 is 2.28. The topological polar surface area (TPSA) is 149 Å². The minimum absolute atomic E-state index is 1.29. The van der Waals surface area contributed by atoms with Gasteiger partial charge in [-0.25, -0.2) is 0 Å². The molecule has 8 nitrogen and oxygen atoms in total. The lowest BCUT2D eigenvalue weighted by molar-refractivity contribution is 0.378. The quantitative estimate of drug-likeness (QED) is 0.372. The molecule has 0 radical (unpaired) electrons. The highest BCUT2D eigenvalue weighted by Gasteiger charge is 1.85. The average molecular weight is 400 g/mol. The molecule has 0 amide bonds. The van der Waals surface area contributed by atoms with E-state index in [1.54, 1.807) is 0 Å². The van der Waals surface area contributed by atoms with Crippen LogP contribution in [0.1, 0.15) is 0 Å². The first kappa shape index (κ1) is 19.0. The van der Waals surface area contributed by atoms with Crippen molar-refractivity contribution in [3.05, 3.63) is 33.9 Å². The van der Waals surface area contributed by atoms with E-state index >= 15 is 0 Å². The van der Waals surface area contributed by atoms with Crippen molar-refractivity contribution in [2.24, 2.45) is 0 Å². The summed E-state index contributed by atoms with van der Waals surface area (Å²) < 4.78 is 64.5. The van der Waals surface area contributed by atoms with E-state index in [9.17, 15) is 0 Å². The van der Waals surface area contributed by atoms with Crippen LogP contribution in [0.25, 0.3) is 0 Å². The van der Waals surface area contributed by atoms with Gasteiger partial charge in [0.2, 0.25) is 0 Å². The third-order valence-corrected chi connectivity index (χ3v) is 1.45. The lowest BCUT2D eigenvalue weighted by Gasteiger charge is -1.80. The predicted octanol–water partition coefficient (Wildman–Crippen LogP) is 0.986. The highest BCUT2D eigenvalue weighted by Crippen LogP contribution is 1.99. The first-order valence-electron chi connectivity index (χ1n) is 3.50. The highest BCUT2D eigenvalue weighted by atomic mass is 127. The Morgan fingerprint density at radius 2 is 1.00 bits per heavy atom. The Hall–Kier alpha value is -0.310. The van der Waals surface area contributed by atoms with Crippen LogP contribution in [0.4, 0.5) is 0 Å². The normalized spacial score (nSPS) is 10.4. The van der Waals surface area contributed by atoms with Crippen molar-refractivity contribution < 1.29 is 35.0 Å². The maximum Gasteiger partial charge on any atom is 0.394 e. The van der Waals surface area contributed by atoms with Gasteiger partial charge in [0.05, 0.1) is 0 Å². The maximum atomic E-state index is 8.74. The van der Waals surface area contributed by atoms with Crippen LogP contribution in [0.3, 0.4) is 0 Å². The smallest absolute Gasteiger partial charge is 0.264 e. The number of halogens is 1. The third kappa shape index (κ3) is 49.7.